The summed E-state index contributed by atoms with van der Waals surface area (Å²) in [5.41, 5.74) is -4.37. The average molecular weight is 614 g/mol. The van der Waals surface area contributed by atoms with Gasteiger partial charge in [-0.15, -0.1) is 10.2 Å². The maximum absolute atomic E-state index is 13.9. The van der Waals surface area contributed by atoms with Crippen molar-refractivity contribution in [1.29, 1.82) is 0 Å². The Morgan fingerprint density at radius 3 is 2.41 bits per heavy atom. The van der Waals surface area contributed by atoms with Gasteiger partial charge in [-0.05, 0) is 52.7 Å². The van der Waals surface area contributed by atoms with Crippen molar-refractivity contribution in [3.63, 3.8) is 0 Å². The maximum Gasteiger partial charge on any atom is 0.423 e. The first kappa shape index (κ1) is 29.3. The predicted molar refractivity (Wildman–Crippen MR) is 132 cm³/mol. The molecule has 39 heavy (non-hydrogen) atoms. The maximum atomic E-state index is 13.9. The van der Waals surface area contributed by atoms with Gasteiger partial charge in [0.1, 0.15) is 16.1 Å². The van der Waals surface area contributed by atoms with Crippen LogP contribution in [-0.4, -0.2) is 51.3 Å². The highest BCUT2D eigenvalue weighted by Gasteiger charge is 2.43. The molecule has 212 valence electrons. The largest absolute Gasteiger partial charge is 0.456 e. The minimum atomic E-state index is -5.18. The number of esters is 1. The lowest BCUT2D eigenvalue weighted by Crippen LogP contribution is -2.34. The third-order valence-electron chi connectivity index (χ3n) is 5.40. The van der Waals surface area contributed by atoms with Crippen LogP contribution in [0.25, 0.3) is 22.4 Å². The lowest BCUT2D eigenvalue weighted by molar-refractivity contribution is -0.160. The molecule has 3 aromatic rings. The third-order valence-corrected chi connectivity index (χ3v) is 8.22. The fraction of sp³-hybridized carbons (Fsp3) is 0.455. The van der Waals surface area contributed by atoms with Crippen LogP contribution in [0.1, 0.15) is 57.7 Å². The Balaban J connectivity index is 1.97. The zero-order valence-corrected chi connectivity index (χ0v) is 23.1. The van der Waals surface area contributed by atoms with Gasteiger partial charge in [0.2, 0.25) is 10.0 Å². The molecule has 0 bridgehead atoms. The summed E-state index contributed by atoms with van der Waals surface area (Å²) in [5.74, 6) is -2.01. The van der Waals surface area contributed by atoms with Crippen LogP contribution in [0.15, 0.2) is 22.7 Å². The van der Waals surface area contributed by atoms with E-state index in [1.165, 1.54) is 20.8 Å². The van der Waals surface area contributed by atoms with Crippen molar-refractivity contribution in [3.05, 3.63) is 33.6 Å². The number of pyridine rings is 1. The molecule has 0 unspecified atom stereocenters. The Labute approximate surface area is 228 Å². The van der Waals surface area contributed by atoms with E-state index in [1.807, 2.05) is 0 Å². The van der Waals surface area contributed by atoms with Crippen LogP contribution in [-0.2, 0) is 19.6 Å². The van der Waals surface area contributed by atoms with E-state index in [-0.39, 0.29) is 26.3 Å². The number of halogens is 6. The molecular weight excluding hydrogens is 593 g/mol. The van der Waals surface area contributed by atoms with Crippen LogP contribution in [0, 0.1) is 0 Å². The number of hydrogen-bond donors (Lipinski definition) is 1. The number of fused-ring (bicyclic) bond motifs is 1. The molecule has 1 saturated carbocycles. The summed E-state index contributed by atoms with van der Waals surface area (Å²) >= 11 is 6.77. The second kappa shape index (κ2) is 9.74. The second-order valence-electron chi connectivity index (χ2n) is 10.0. The Hall–Kier alpha value is -2.69. The summed E-state index contributed by atoms with van der Waals surface area (Å²) in [6.07, 6.45) is -5.55. The number of ether oxygens (including phenoxy) is 1. The Morgan fingerprint density at radius 1 is 1.26 bits per heavy atom. The molecular formula is C22H21ClF5N5O4S2. The van der Waals surface area contributed by atoms with E-state index in [0.29, 0.717) is 30.3 Å². The highest BCUT2D eigenvalue weighted by atomic mass is 35.5. The van der Waals surface area contributed by atoms with Crippen molar-refractivity contribution < 1.29 is 39.9 Å². The minimum Gasteiger partial charge on any atom is -0.456 e. The van der Waals surface area contributed by atoms with E-state index >= 15 is 0 Å². The normalized spacial score (nSPS) is 16.2. The van der Waals surface area contributed by atoms with Crippen molar-refractivity contribution in [2.24, 2.45) is 0 Å². The molecule has 0 radical (unpaired) electrons. The number of sulfonamides is 1. The molecule has 0 aliphatic heterocycles. The number of aromatic nitrogens is 4. The van der Waals surface area contributed by atoms with Crippen LogP contribution in [0.4, 0.5) is 22.0 Å². The number of alkyl halides is 5. The number of carbonyl (C=O) groups excluding carboxylic acids is 1. The molecule has 0 atom stereocenters. The quantitative estimate of drug-likeness (QED) is 0.211. The molecule has 0 saturated heterocycles. The fourth-order valence-corrected chi connectivity index (χ4v) is 5.93. The smallest absolute Gasteiger partial charge is 0.423 e. The lowest BCUT2D eigenvalue weighted by Gasteiger charge is -2.21. The molecule has 0 amide bonds. The van der Waals surface area contributed by atoms with Crippen molar-refractivity contribution in [3.8, 4) is 10.8 Å². The highest BCUT2D eigenvalue weighted by molar-refractivity contribution is 7.89. The molecule has 1 aliphatic rings. The topological polar surface area (TPSA) is 116 Å². The minimum absolute atomic E-state index is 0.234. The van der Waals surface area contributed by atoms with E-state index < -0.39 is 56.0 Å². The van der Waals surface area contributed by atoms with E-state index in [0.717, 1.165) is 16.7 Å². The molecule has 0 spiro atoms. The van der Waals surface area contributed by atoms with Gasteiger partial charge in [-0.25, -0.2) is 31.7 Å². The van der Waals surface area contributed by atoms with Crippen molar-refractivity contribution >= 4 is 50.5 Å². The third kappa shape index (κ3) is 6.39. The predicted octanol–water partition coefficient (Wildman–Crippen LogP) is 5.56. The first-order chi connectivity index (χ1) is 17.8. The Morgan fingerprint density at radius 2 is 1.90 bits per heavy atom. The van der Waals surface area contributed by atoms with Crippen LogP contribution < -0.4 is 4.72 Å². The van der Waals surface area contributed by atoms with E-state index in [4.69, 9.17) is 16.3 Å². The summed E-state index contributed by atoms with van der Waals surface area (Å²) in [6.45, 7) is 5.84. The summed E-state index contributed by atoms with van der Waals surface area (Å²) < 4.78 is 103. The number of hydrogen-bond acceptors (Lipinski definition) is 8. The summed E-state index contributed by atoms with van der Waals surface area (Å²) in [6, 6.07) is 1.01. The Bertz CT molecular complexity index is 1590. The van der Waals surface area contributed by atoms with Gasteiger partial charge in [-0.3, -0.25) is 4.40 Å². The van der Waals surface area contributed by atoms with Crippen LogP contribution >= 0.6 is 22.9 Å². The monoisotopic (exact) mass is 613 g/mol. The van der Waals surface area contributed by atoms with Gasteiger partial charge >= 0.3 is 12.1 Å². The van der Waals surface area contributed by atoms with E-state index in [1.54, 1.807) is 6.92 Å². The summed E-state index contributed by atoms with van der Waals surface area (Å²) in [5, 5.41) is 5.71. The lowest BCUT2D eigenvalue weighted by atomic mass is 10.1. The molecule has 1 N–H and O–H groups in total. The van der Waals surface area contributed by atoms with Gasteiger partial charge in [0.15, 0.2) is 15.8 Å². The van der Waals surface area contributed by atoms with Crippen molar-refractivity contribution in [1.82, 2.24) is 24.3 Å². The standard InChI is InChI=1S/C22H21ClF5N5O4S2/c1-20(2,3)37-19(34)11(22(26,27)28)8-13-14-12(23)7-10(39(35,36)32-21(4)5-6-21)9-33(14)16(29-13)18-31-30-17(38-18)15(24)25/h7-9,15,32H,5-6H2,1-4H3/b11-8-. The Kier molecular flexibility index (Phi) is 7.32. The zero-order valence-electron chi connectivity index (χ0n) is 20.7. The van der Waals surface area contributed by atoms with Gasteiger partial charge in [0.05, 0.1) is 16.2 Å². The number of nitrogens with one attached hydrogen (secondary N) is 1. The molecule has 3 heterocycles. The number of imidazole rings is 1. The van der Waals surface area contributed by atoms with Gasteiger partial charge in [-0.1, -0.05) is 22.9 Å². The average Bonchev–Trinajstić information content (AvgIpc) is 3.17. The van der Waals surface area contributed by atoms with Gasteiger partial charge in [-0.2, -0.15) is 13.2 Å². The summed E-state index contributed by atoms with van der Waals surface area (Å²) in [7, 11) is -4.15. The highest BCUT2D eigenvalue weighted by Crippen LogP contribution is 2.38. The zero-order chi connectivity index (χ0) is 29.1. The fourth-order valence-electron chi connectivity index (χ4n) is 3.38. The second-order valence-corrected chi connectivity index (χ2v) is 13.1. The first-order valence-electron chi connectivity index (χ1n) is 11.2. The first-order valence-corrected chi connectivity index (χ1v) is 13.9. The molecule has 9 nitrogen and oxygen atoms in total. The number of rotatable bonds is 7. The molecule has 1 fully saturated rings. The van der Waals surface area contributed by atoms with E-state index in [2.05, 4.69) is 19.9 Å². The van der Waals surface area contributed by atoms with Crippen molar-refractivity contribution in [2.45, 2.75) is 69.2 Å². The SMILES string of the molecule is CC1(NS(=O)(=O)c2cc(Cl)c3c(/C=C(/C(=O)OC(C)(C)C)C(F)(F)F)nc(-c4nnc(C(F)F)s4)n3c2)CC1. The molecule has 1 aliphatic carbocycles. The van der Waals surface area contributed by atoms with Crippen LogP contribution in [0.5, 0.6) is 0 Å². The van der Waals surface area contributed by atoms with Crippen LogP contribution in [0.2, 0.25) is 5.02 Å². The molecule has 0 aromatic carbocycles. The molecule has 17 heteroatoms. The molecule has 4 rings (SSSR count). The van der Waals surface area contributed by atoms with Gasteiger partial charge in [0.25, 0.3) is 6.43 Å². The van der Waals surface area contributed by atoms with Crippen LogP contribution in [0.3, 0.4) is 0 Å². The van der Waals surface area contributed by atoms with Crippen molar-refractivity contribution in [2.75, 3.05) is 0 Å². The summed E-state index contributed by atoms with van der Waals surface area (Å²) in [4.78, 5) is 16.2. The van der Waals surface area contributed by atoms with Gasteiger partial charge < -0.3 is 4.74 Å². The molecule has 3 aromatic heterocycles. The van der Waals surface area contributed by atoms with Gasteiger partial charge in [0, 0.05) is 11.7 Å². The number of carbonyl (C=O) groups is 1. The number of nitrogens with zero attached hydrogens (tertiary/aromatic N) is 4. The van der Waals surface area contributed by atoms with E-state index in [9.17, 15) is 35.2 Å².